The zero-order chi connectivity index (χ0) is 30.3. The van der Waals surface area contributed by atoms with Crippen molar-refractivity contribution in [3.63, 3.8) is 0 Å². The van der Waals surface area contributed by atoms with E-state index in [2.05, 4.69) is 13.0 Å². The molecule has 0 aromatic carbocycles. The molecular formula is C34H34N4O4Zn-4. The average molecular weight is 628 g/mol. The first kappa shape index (κ1) is 31.8. The van der Waals surface area contributed by atoms with E-state index in [1.807, 2.05) is 65.0 Å². The Kier molecular flexibility index (Phi) is 9.36. The van der Waals surface area contributed by atoms with Gasteiger partial charge in [-0.1, -0.05) is 69.8 Å². The van der Waals surface area contributed by atoms with Gasteiger partial charge in [-0.05, 0) is 64.8 Å². The van der Waals surface area contributed by atoms with Gasteiger partial charge in [0.25, 0.3) is 0 Å². The predicted octanol–water partition coefficient (Wildman–Crippen LogP) is 0.0104. The van der Waals surface area contributed by atoms with E-state index >= 15 is 0 Å². The number of carboxylic acids is 2. The van der Waals surface area contributed by atoms with Gasteiger partial charge in [0.05, 0.1) is 0 Å². The quantitative estimate of drug-likeness (QED) is 0.252. The topological polar surface area (TPSA) is 131 Å². The minimum atomic E-state index is -0.886. The Morgan fingerprint density at radius 1 is 0.581 bits per heavy atom. The van der Waals surface area contributed by atoms with Crippen LogP contribution in [0.5, 0.6) is 0 Å². The van der Waals surface area contributed by atoms with E-state index in [4.69, 9.17) is 19.9 Å². The molecule has 4 aromatic heterocycles. The summed E-state index contributed by atoms with van der Waals surface area (Å²) >= 11 is 0. The van der Waals surface area contributed by atoms with Gasteiger partial charge in [0.2, 0.25) is 0 Å². The first-order valence-electron chi connectivity index (χ1n) is 14.1. The first-order valence-corrected chi connectivity index (χ1v) is 14.1. The number of carbonyl (C=O) groups is 2. The monoisotopic (exact) mass is 626 g/mol. The molecule has 4 aromatic rings. The number of aromatic nitrogens is 4. The predicted molar refractivity (Wildman–Crippen MR) is 162 cm³/mol. The Morgan fingerprint density at radius 3 is 1.51 bits per heavy atom. The normalized spacial score (nSPS) is 16.2. The molecule has 5 heterocycles. The number of rotatable bonds is 6. The molecule has 0 fully saturated rings. The number of carboxylic acid groups (broad SMARTS) is 2. The van der Waals surface area contributed by atoms with Crippen molar-refractivity contribution in [1.82, 2.24) is 19.9 Å². The van der Waals surface area contributed by atoms with Crippen LogP contribution in [0.4, 0.5) is 0 Å². The van der Waals surface area contributed by atoms with Crippen LogP contribution in [0.3, 0.4) is 0 Å². The Balaban J connectivity index is 0.00000423. The van der Waals surface area contributed by atoms with Crippen LogP contribution >= 0.6 is 0 Å². The zero-order valence-electron chi connectivity index (χ0n) is 25.5. The maximum Gasteiger partial charge on any atom is 0.303 e. The van der Waals surface area contributed by atoms with Gasteiger partial charge in [-0.15, -0.1) is 44.2 Å². The van der Waals surface area contributed by atoms with E-state index in [9.17, 15) is 19.8 Å². The first-order chi connectivity index (χ1) is 20.0. The summed E-state index contributed by atoms with van der Waals surface area (Å²) in [5, 5.41) is 23.9. The molecule has 1 aliphatic rings. The SMILES string of the molecule is C/C=c1/c(C)c2[n-]/c1=C\c1[n-]c(c(CCC(=O)O)c1C)/C=c1\[n-]/c(c(C)c1CCC(=O)O)=C\c1[n-]c(/c(=C/C)c1C)=C\2.[Zn]. The summed E-state index contributed by atoms with van der Waals surface area (Å²) in [5.74, 6) is -1.77. The summed E-state index contributed by atoms with van der Waals surface area (Å²) in [7, 11) is 0. The molecule has 8 bridgehead atoms. The Morgan fingerprint density at radius 2 is 1.02 bits per heavy atom. The molecule has 0 unspecified atom stereocenters. The largest absolute Gasteiger partial charge is 0.657 e. The third kappa shape index (κ3) is 6.05. The summed E-state index contributed by atoms with van der Waals surface area (Å²) in [4.78, 5) is 42.9. The fourth-order valence-corrected chi connectivity index (χ4v) is 5.83. The van der Waals surface area contributed by atoms with Crippen LogP contribution in [0.15, 0.2) is 0 Å². The van der Waals surface area contributed by atoms with Gasteiger partial charge in [0.1, 0.15) is 0 Å². The maximum absolute atomic E-state index is 11.5. The van der Waals surface area contributed by atoms with Crippen molar-refractivity contribution in [3.8, 4) is 0 Å². The molecule has 0 aliphatic carbocycles. The molecule has 1 aliphatic heterocycles. The second kappa shape index (κ2) is 12.6. The Hall–Kier alpha value is -4.10. The van der Waals surface area contributed by atoms with E-state index < -0.39 is 11.9 Å². The van der Waals surface area contributed by atoms with Crippen molar-refractivity contribution in [2.24, 2.45) is 0 Å². The van der Waals surface area contributed by atoms with Gasteiger partial charge in [-0.3, -0.25) is 9.59 Å². The molecule has 0 amide bonds. The van der Waals surface area contributed by atoms with E-state index in [-0.39, 0.29) is 32.3 Å². The molecule has 0 saturated carbocycles. The molecule has 0 spiro atoms. The van der Waals surface area contributed by atoms with Crippen LogP contribution in [-0.4, -0.2) is 22.2 Å². The zero-order valence-corrected chi connectivity index (χ0v) is 28.5. The molecule has 2 N–H and O–H groups in total. The Bertz CT molecular complexity index is 2120. The minimum absolute atomic E-state index is 0. The van der Waals surface area contributed by atoms with Gasteiger partial charge < -0.3 is 30.1 Å². The van der Waals surface area contributed by atoms with Crippen molar-refractivity contribution >= 4 is 48.4 Å². The van der Waals surface area contributed by atoms with Crippen LogP contribution in [0.1, 0.15) is 82.8 Å². The summed E-state index contributed by atoms with van der Waals surface area (Å²) in [6.45, 7) is 12.0. The molecule has 0 radical (unpaired) electrons. The van der Waals surface area contributed by atoms with E-state index in [0.29, 0.717) is 23.9 Å². The molecule has 8 nitrogen and oxygen atoms in total. The van der Waals surface area contributed by atoms with Crippen molar-refractivity contribution < 1.29 is 39.3 Å². The van der Waals surface area contributed by atoms with Gasteiger partial charge in [0, 0.05) is 32.3 Å². The second-order valence-corrected chi connectivity index (χ2v) is 10.8. The summed E-state index contributed by atoms with van der Waals surface area (Å²) < 4.78 is 0. The molecule has 0 saturated heterocycles. The Labute approximate surface area is 262 Å². The summed E-state index contributed by atoms with van der Waals surface area (Å²) in [6.07, 6.45) is 12.4. The molecule has 43 heavy (non-hydrogen) atoms. The molecular weight excluding hydrogens is 594 g/mol. The van der Waals surface area contributed by atoms with Crippen LogP contribution < -0.4 is 51.8 Å². The number of hydrogen-bond acceptors (Lipinski definition) is 2. The fourth-order valence-electron chi connectivity index (χ4n) is 5.83. The standard InChI is InChI=1S/C34H34N4O4.Zn/c1-7-21-17(3)25-13-26-19(5)23(9-11-33(39)40)31(37-26)16-32-24(10-12-34(41)42)20(6)28(38-32)15-30-22(8-2)18(4)27(36-30)14-29(21)35-25;/h7-8,13-16H,9-12H2,1-6H3,(H,39,40)(H,41,42);/q-4;/b21-7+,22-8-,26-13-,29-14-,30-15-,31-16-;. The van der Waals surface area contributed by atoms with Crippen LogP contribution in [0.2, 0.25) is 0 Å². The van der Waals surface area contributed by atoms with Crippen LogP contribution in [0, 0.1) is 27.7 Å². The smallest absolute Gasteiger partial charge is 0.303 e. The number of nitrogens with zero attached hydrogens (tertiary/aromatic N) is 4. The number of fused-ring (bicyclic) bond motifs is 8. The van der Waals surface area contributed by atoms with Gasteiger partial charge >= 0.3 is 11.9 Å². The van der Waals surface area contributed by atoms with E-state index in [1.165, 1.54) is 0 Å². The van der Waals surface area contributed by atoms with Crippen molar-refractivity contribution in [2.75, 3.05) is 0 Å². The molecule has 9 heteroatoms. The van der Waals surface area contributed by atoms with E-state index in [1.54, 1.807) is 0 Å². The fraction of sp³-hybridized carbons (Fsp3) is 0.294. The molecule has 5 rings (SSSR count). The van der Waals surface area contributed by atoms with Crippen LogP contribution in [0.25, 0.3) is 36.5 Å². The van der Waals surface area contributed by atoms with Gasteiger partial charge in [-0.25, -0.2) is 0 Å². The van der Waals surface area contributed by atoms with E-state index in [0.717, 1.165) is 76.9 Å². The second-order valence-electron chi connectivity index (χ2n) is 10.8. The molecule has 220 valence electrons. The third-order valence-electron chi connectivity index (χ3n) is 8.23. The summed E-state index contributed by atoms with van der Waals surface area (Å²) in [5.41, 5.74) is 8.51. The van der Waals surface area contributed by atoms with Crippen LogP contribution in [-0.2, 0) is 41.9 Å². The summed E-state index contributed by atoms with van der Waals surface area (Å²) in [6, 6.07) is 0. The van der Waals surface area contributed by atoms with Gasteiger partial charge in [-0.2, -0.15) is 0 Å². The number of hydrogen-bond donors (Lipinski definition) is 2. The maximum atomic E-state index is 11.5. The average Bonchev–Trinajstić information content (AvgIpc) is 3.59. The number of aliphatic carboxylic acids is 2. The van der Waals surface area contributed by atoms with Crippen molar-refractivity contribution in [2.45, 2.75) is 67.2 Å². The third-order valence-corrected chi connectivity index (χ3v) is 8.23. The minimum Gasteiger partial charge on any atom is -0.657 e. The van der Waals surface area contributed by atoms with Gasteiger partial charge in [0.15, 0.2) is 0 Å². The van der Waals surface area contributed by atoms with Crippen molar-refractivity contribution in [1.29, 1.82) is 0 Å². The molecule has 0 atom stereocenters. The van der Waals surface area contributed by atoms with Crippen molar-refractivity contribution in [3.05, 3.63) is 88.0 Å².